The monoisotopic (exact) mass is 331 g/mol. The van der Waals surface area contributed by atoms with E-state index in [2.05, 4.69) is 6.58 Å². The third-order valence-corrected chi connectivity index (χ3v) is 4.06. The summed E-state index contributed by atoms with van der Waals surface area (Å²) in [6, 6.07) is 22.5. The van der Waals surface area contributed by atoms with Crippen LogP contribution in [-0.2, 0) is 0 Å². The largest absolute Gasteiger partial charge is 0.497 e. The van der Waals surface area contributed by atoms with Crippen LogP contribution in [0.25, 0.3) is 16.7 Å². The molecule has 3 aromatic carbocycles. The highest BCUT2D eigenvalue weighted by molar-refractivity contribution is 6.00. The number of rotatable bonds is 2. The van der Waals surface area contributed by atoms with Crippen molar-refractivity contribution in [1.82, 2.24) is 0 Å². The number of methoxy groups -OCH3 is 1. The quantitative estimate of drug-likeness (QED) is 0.368. The lowest BCUT2D eigenvalue weighted by atomic mass is 10.1. The summed E-state index contributed by atoms with van der Waals surface area (Å²) in [6.07, 6.45) is 0. The Labute approximate surface area is 146 Å². The maximum absolute atomic E-state index is 10.8. The van der Waals surface area contributed by atoms with Crippen LogP contribution in [0.15, 0.2) is 79.4 Å². The fourth-order valence-corrected chi connectivity index (χ4v) is 2.81. The molecule has 124 valence electrons. The van der Waals surface area contributed by atoms with Crippen molar-refractivity contribution >= 4 is 11.3 Å². The van der Waals surface area contributed by atoms with Gasteiger partial charge in [-0.3, -0.25) is 10.1 Å². The number of hydrogen-bond acceptors (Lipinski definition) is 3. The zero-order chi connectivity index (χ0) is 17.8. The first-order valence-corrected chi connectivity index (χ1v) is 7.78. The molecule has 0 unspecified atom stereocenters. The minimum absolute atomic E-state index is 0.109. The van der Waals surface area contributed by atoms with Crippen molar-refractivity contribution in [1.29, 1.82) is 0 Å². The zero-order valence-corrected chi connectivity index (χ0v) is 13.8. The van der Waals surface area contributed by atoms with Gasteiger partial charge < -0.3 is 4.74 Å². The van der Waals surface area contributed by atoms with Gasteiger partial charge in [-0.1, -0.05) is 49.0 Å². The summed E-state index contributed by atoms with van der Waals surface area (Å²) in [7, 11) is 1.66. The molecule has 1 aliphatic carbocycles. The summed E-state index contributed by atoms with van der Waals surface area (Å²) < 4.78 is 4.91. The van der Waals surface area contributed by atoms with Crippen LogP contribution in [0.1, 0.15) is 11.1 Å². The van der Waals surface area contributed by atoms with E-state index >= 15 is 0 Å². The number of nitro groups is 1. The summed E-state index contributed by atoms with van der Waals surface area (Å²) >= 11 is 0. The molecule has 4 heteroatoms. The Hall–Kier alpha value is -3.40. The molecular weight excluding hydrogens is 314 g/mol. The lowest BCUT2D eigenvalue weighted by Crippen LogP contribution is -1.89. The van der Waals surface area contributed by atoms with Gasteiger partial charge >= 0.3 is 0 Å². The lowest BCUT2D eigenvalue weighted by Gasteiger charge is -1.99. The van der Waals surface area contributed by atoms with E-state index in [1.165, 1.54) is 6.07 Å². The molecule has 0 heterocycles. The number of fused-ring (bicyclic) bond motifs is 3. The Morgan fingerprint density at radius 1 is 0.840 bits per heavy atom. The fraction of sp³-hybridized carbons (Fsp3) is 0.0476. The standard InChI is InChI=1S/C14H9NO2.C7H8O/c1-9-11-4-2-3-5-12(11)13-7-6-10(15(16)17)8-14(9)13;1-8-7-5-3-2-4-6-7/h2-8H,1H2;2-6H,1H3. The van der Waals surface area contributed by atoms with Crippen LogP contribution in [0.2, 0.25) is 0 Å². The van der Waals surface area contributed by atoms with Crippen LogP contribution in [0.5, 0.6) is 5.75 Å². The van der Waals surface area contributed by atoms with Crippen molar-refractivity contribution in [2.75, 3.05) is 7.11 Å². The van der Waals surface area contributed by atoms with Crippen molar-refractivity contribution in [3.05, 3.63) is 101 Å². The molecule has 0 bridgehead atoms. The van der Waals surface area contributed by atoms with Gasteiger partial charge in [0.25, 0.3) is 5.69 Å². The van der Waals surface area contributed by atoms with Gasteiger partial charge in [0.1, 0.15) is 5.75 Å². The first-order chi connectivity index (χ1) is 12.1. The zero-order valence-electron chi connectivity index (χ0n) is 13.8. The van der Waals surface area contributed by atoms with Crippen molar-refractivity contribution in [2.45, 2.75) is 0 Å². The molecule has 0 N–H and O–H groups in total. The number of hydrogen-bond donors (Lipinski definition) is 0. The Kier molecular flexibility index (Phi) is 4.61. The van der Waals surface area contributed by atoms with Crippen LogP contribution in [0, 0.1) is 10.1 Å². The number of nitro benzene ring substituents is 1. The summed E-state index contributed by atoms with van der Waals surface area (Å²) in [5.41, 5.74) is 5.01. The molecule has 0 atom stereocenters. The van der Waals surface area contributed by atoms with Crippen molar-refractivity contribution in [3.8, 4) is 16.9 Å². The fourth-order valence-electron chi connectivity index (χ4n) is 2.81. The second kappa shape index (κ2) is 7.01. The highest BCUT2D eigenvalue weighted by atomic mass is 16.6. The van der Waals surface area contributed by atoms with E-state index in [1.54, 1.807) is 19.2 Å². The van der Waals surface area contributed by atoms with Gasteiger partial charge in [0.15, 0.2) is 0 Å². The summed E-state index contributed by atoms with van der Waals surface area (Å²) in [4.78, 5) is 10.4. The maximum Gasteiger partial charge on any atom is 0.270 e. The van der Waals surface area contributed by atoms with E-state index in [4.69, 9.17) is 4.74 Å². The molecule has 4 nitrogen and oxygen atoms in total. The maximum atomic E-state index is 10.8. The van der Waals surface area contributed by atoms with E-state index in [9.17, 15) is 10.1 Å². The predicted molar refractivity (Wildman–Crippen MR) is 99.7 cm³/mol. The van der Waals surface area contributed by atoms with Gasteiger partial charge in [-0.05, 0) is 46.0 Å². The van der Waals surface area contributed by atoms with Gasteiger partial charge in [-0.2, -0.15) is 0 Å². The van der Waals surface area contributed by atoms with Crippen LogP contribution in [0.4, 0.5) is 5.69 Å². The van der Waals surface area contributed by atoms with E-state index in [1.807, 2.05) is 54.6 Å². The number of benzene rings is 3. The summed E-state index contributed by atoms with van der Waals surface area (Å²) in [6.45, 7) is 4.01. The molecule has 25 heavy (non-hydrogen) atoms. The predicted octanol–water partition coefficient (Wildman–Crippen LogP) is 5.33. The average molecular weight is 331 g/mol. The Morgan fingerprint density at radius 3 is 2.04 bits per heavy atom. The van der Waals surface area contributed by atoms with Crippen molar-refractivity contribution in [2.24, 2.45) is 0 Å². The van der Waals surface area contributed by atoms with Crippen molar-refractivity contribution < 1.29 is 9.66 Å². The molecule has 0 aliphatic heterocycles. The van der Waals surface area contributed by atoms with Crippen LogP contribution >= 0.6 is 0 Å². The first kappa shape index (κ1) is 16.5. The smallest absolute Gasteiger partial charge is 0.270 e. The molecule has 0 aromatic heterocycles. The minimum atomic E-state index is -0.378. The number of nitrogens with zero attached hydrogens (tertiary/aromatic N) is 1. The molecular formula is C21H17NO3. The first-order valence-electron chi connectivity index (χ1n) is 7.78. The molecule has 0 fully saturated rings. The average Bonchev–Trinajstić information content (AvgIpc) is 2.95. The Morgan fingerprint density at radius 2 is 1.44 bits per heavy atom. The highest BCUT2D eigenvalue weighted by Gasteiger charge is 2.23. The highest BCUT2D eigenvalue weighted by Crippen LogP contribution is 2.44. The molecule has 0 saturated carbocycles. The van der Waals surface area contributed by atoms with Gasteiger partial charge in [-0.25, -0.2) is 0 Å². The minimum Gasteiger partial charge on any atom is -0.497 e. The second-order valence-corrected chi connectivity index (χ2v) is 5.53. The summed E-state index contributed by atoms with van der Waals surface area (Å²) in [5, 5.41) is 10.8. The van der Waals surface area contributed by atoms with Crippen LogP contribution in [0.3, 0.4) is 0 Å². The van der Waals surface area contributed by atoms with Crippen LogP contribution in [-0.4, -0.2) is 12.0 Å². The third-order valence-electron chi connectivity index (χ3n) is 4.06. The van der Waals surface area contributed by atoms with E-state index in [-0.39, 0.29) is 10.6 Å². The third kappa shape index (κ3) is 3.28. The molecule has 1 aliphatic rings. The normalized spacial score (nSPS) is 11.0. The molecule has 0 amide bonds. The van der Waals surface area contributed by atoms with Gasteiger partial charge in [0, 0.05) is 12.1 Å². The molecule has 0 spiro atoms. The van der Waals surface area contributed by atoms with Crippen LogP contribution < -0.4 is 4.74 Å². The number of para-hydroxylation sites is 1. The van der Waals surface area contributed by atoms with Gasteiger partial charge in [0.05, 0.1) is 12.0 Å². The van der Waals surface area contributed by atoms with E-state index < -0.39 is 0 Å². The molecule has 4 rings (SSSR count). The van der Waals surface area contributed by atoms with Crippen molar-refractivity contribution in [3.63, 3.8) is 0 Å². The molecule has 0 radical (unpaired) electrons. The topological polar surface area (TPSA) is 52.4 Å². The Bertz CT molecular complexity index is 933. The number of ether oxygens (including phenoxy) is 1. The van der Waals surface area contributed by atoms with Gasteiger partial charge in [-0.15, -0.1) is 0 Å². The summed E-state index contributed by atoms with van der Waals surface area (Å²) in [5.74, 6) is 0.910. The van der Waals surface area contributed by atoms with Gasteiger partial charge in [0.2, 0.25) is 0 Å². The van der Waals surface area contributed by atoms with E-state index in [0.717, 1.165) is 33.6 Å². The Balaban J connectivity index is 0.000000192. The molecule has 3 aromatic rings. The second-order valence-electron chi connectivity index (χ2n) is 5.53. The molecule has 0 saturated heterocycles. The SMILES string of the molecule is C=C1c2ccccc2-c2ccc([N+](=O)[O-])cc21.COc1ccccc1. The lowest BCUT2D eigenvalue weighted by molar-refractivity contribution is -0.384. The van der Waals surface area contributed by atoms with E-state index in [0.29, 0.717) is 0 Å². The number of non-ortho nitro benzene ring substituents is 1.